The van der Waals surface area contributed by atoms with Crippen LogP contribution >= 0.6 is 46.4 Å². The van der Waals surface area contributed by atoms with Gasteiger partial charge in [-0.15, -0.1) is 0 Å². The monoisotopic (exact) mass is 677 g/mol. The van der Waals surface area contributed by atoms with Gasteiger partial charge in [0.25, 0.3) is 10.0 Å². The highest BCUT2D eigenvalue weighted by atomic mass is 35.5. The van der Waals surface area contributed by atoms with Crippen molar-refractivity contribution >= 4 is 73.9 Å². The largest absolute Gasteiger partial charge is 0.357 e. The normalized spacial score (nSPS) is 11.9. The molecule has 0 saturated carbocycles. The Morgan fingerprint density at radius 3 is 2.09 bits per heavy atom. The summed E-state index contributed by atoms with van der Waals surface area (Å²) < 4.78 is 28.9. The predicted octanol–water partition coefficient (Wildman–Crippen LogP) is 6.88. The van der Waals surface area contributed by atoms with Crippen molar-refractivity contribution in [2.24, 2.45) is 0 Å². The molecule has 0 aliphatic carbocycles. The second kappa shape index (κ2) is 14.5. The van der Waals surface area contributed by atoms with Gasteiger partial charge in [-0.3, -0.25) is 13.9 Å². The van der Waals surface area contributed by atoms with Crippen molar-refractivity contribution in [1.82, 2.24) is 10.2 Å². The molecule has 0 aromatic heterocycles. The molecule has 0 radical (unpaired) electrons. The van der Waals surface area contributed by atoms with Crippen LogP contribution in [0.2, 0.25) is 20.1 Å². The minimum absolute atomic E-state index is 0.00963. The number of halogens is 4. The molecule has 4 aromatic carbocycles. The molecule has 0 bridgehead atoms. The zero-order chi connectivity index (χ0) is 31.1. The van der Waals surface area contributed by atoms with Crippen LogP contribution < -0.4 is 9.62 Å². The quantitative estimate of drug-likeness (QED) is 0.187. The van der Waals surface area contributed by atoms with Gasteiger partial charge in [-0.1, -0.05) is 107 Å². The first-order chi connectivity index (χ1) is 20.5. The number of hydrogen-bond donors (Lipinski definition) is 1. The molecule has 0 aliphatic heterocycles. The van der Waals surface area contributed by atoms with Crippen molar-refractivity contribution in [3.8, 4) is 0 Å². The van der Waals surface area contributed by atoms with Gasteiger partial charge in [0.1, 0.15) is 12.6 Å². The van der Waals surface area contributed by atoms with Crippen molar-refractivity contribution in [2.75, 3.05) is 17.9 Å². The summed E-state index contributed by atoms with van der Waals surface area (Å²) in [5.41, 5.74) is 1.32. The Balaban J connectivity index is 1.83. The smallest absolute Gasteiger partial charge is 0.264 e. The zero-order valence-corrected chi connectivity index (χ0v) is 26.7. The molecule has 7 nitrogen and oxygen atoms in total. The molecule has 4 aromatic rings. The number of rotatable bonds is 11. The predicted molar refractivity (Wildman–Crippen MR) is 172 cm³/mol. The van der Waals surface area contributed by atoms with E-state index in [1.54, 1.807) is 30.3 Å². The second-order valence-corrected chi connectivity index (χ2v) is 13.0. The van der Waals surface area contributed by atoms with Gasteiger partial charge >= 0.3 is 0 Å². The molecule has 0 saturated heterocycles. The van der Waals surface area contributed by atoms with E-state index in [4.69, 9.17) is 46.4 Å². The van der Waals surface area contributed by atoms with Crippen molar-refractivity contribution in [2.45, 2.75) is 23.9 Å². The number of hydrogen-bond acceptors (Lipinski definition) is 4. The highest BCUT2D eigenvalue weighted by Crippen LogP contribution is 2.36. The topological polar surface area (TPSA) is 86.8 Å². The Bertz CT molecular complexity index is 1710. The van der Waals surface area contributed by atoms with Gasteiger partial charge < -0.3 is 10.2 Å². The molecule has 0 aliphatic rings. The number of anilines is 1. The summed E-state index contributed by atoms with van der Waals surface area (Å²) in [6.45, 7) is -0.799. The van der Waals surface area contributed by atoms with Crippen LogP contribution in [0.3, 0.4) is 0 Å². The van der Waals surface area contributed by atoms with Gasteiger partial charge in [-0.25, -0.2) is 8.42 Å². The summed E-state index contributed by atoms with van der Waals surface area (Å²) in [5.74, 6) is -1.12. The lowest BCUT2D eigenvalue weighted by molar-refractivity contribution is -0.139. The fourth-order valence-corrected chi connectivity index (χ4v) is 6.84. The van der Waals surface area contributed by atoms with Crippen molar-refractivity contribution in [3.63, 3.8) is 0 Å². The van der Waals surface area contributed by atoms with E-state index in [0.29, 0.717) is 10.6 Å². The first-order valence-electron chi connectivity index (χ1n) is 13.0. The Hall–Kier alpha value is -3.27. The summed E-state index contributed by atoms with van der Waals surface area (Å²) in [6.07, 6.45) is 0.154. The highest BCUT2D eigenvalue weighted by molar-refractivity contribution is 7.92. The third-order valence-electron chi connectivity index (χ3n) is 6.68. The number of carbonyl (C=O) groups is 2. The number of amides is 2. The molecule has 224 valence electrons. The fraction of sp³-hybridized carbons (Fsp3) is 0.161. The summed E-state index contributed by atoms with van der Waals surface area (Å²) in [5, 5.41) is 3.38. The van der Waals surface area contributed by atoms with E-state index in [2.05, 4.69) is 5.32 Å². The third-order valence-corrected chi connectivity index (χ3v) is 9.85. The van der Waals surface area contributed by atoms with Crippen molar-refractivity contribution in [3.05, 3.63) is 128 Å². The maximum absolute atomic E-state index is 14.3. The minimum Gasteiger partial charge on any atom is -0.357 e. The first kappa shape index (κ1) is 32.6. The lowest BCUT2D eigenvalue weighted by Gasteiger charge is -2.34. The van der Waals surface area contributed by atoms with Gasteiger partial charge in [0.15, 0.2) is 0 Å². The van der Waals surface area contributed by atoms with Crippen LogP contribution in [0.25, 0.3) is 0 Å². The van der Waals surface area contributed by atoms with E-state index in [0.717, 1.165) is 9.87 Å². The average Bonchev–Trinajstić information content (AvgIpc) is 3.00. The van der Waals surface area contributed by atoms with Gasteiger partial charge in [-0.05, 0) is 47.5 Å². The second-order valence-electron chi connectivity index (χ2n) is 9.47. The molecule has 43 heavy (non-hydrogen) atoms. The van der Waals surface area contributed by atoms with Crippen LogP contribution in [0.5, 0.6) is 0 Å². The molecule has 12 heteroatoms. The van der Waals surface area contributed by atoms with E-state index < -0.39 is 34.4 Å². The summed E-state index contributed by atoms with van der Waals surface area (Å²) in [4.78, 5) is 28.9. The molecular weight excluding hydrogens is 652 g/mol. The standard InChI is InChI=1S/C31H27Cl4N3O4S/c1-36-31(40)28(17-21-9-4-2-5-10-21)37(19-22-15-16-23(32)18-26(22)34)29(39)20-38(27-14-8-13-25(33)30(27)35)43(41,42)24-11-6-3-7-12-24/h2-16,18,28H,17,19-20H2,1H3,(H,36,40). The number of nitrogens with zero attached hydrogens (tertiary/aromatic N) is 2. The van der Waals surface area contributed by atoms with Gasteiger partial charge in [0.05, 0.1) is 20.6 Å². The molecule has 0 spiro atoms. The number of nitrogens with one attached hydrogen (secondary N) is 1. The van der Waals surface area contributed by atoms with E-state index in [1.165, 1.54) is 48.3 Å². The van der Waals surface area contributed by atoms with Crippen LogP contribution in [-0.2, 0) is 32.6 Å². The number of sulfonamides is 1. The van der Waals surface area contributed by atoms with Crippen LogP contribution in [0.1, 0.15) is 11.1 Å². The van der Waals surface area contributed by atoms with Crippen LogP contribution in [0, 0.1) is 0 Å². The van der Waals surface area contributed by atoms with Crippen LogP contribution in [-0.4, -0.2) is 44.8 Å². The van der Waals surface area contributed by atoms with Crippen LogP contribution in [0.4, 0.5) is 5.69 Å². The number of carbonyl (C=O) groups excluding carboxylic acids is 2. The molecule has 0 fully saturated rings. The summed E-state index contributed by atoms with van der Waals surface area (Å²) in [6, 6.07) is 25.1. The average molecular weight is 679 g/mol. The maximum Gasteiger partial charge on any atom is 0.264 e. The number of likely N-dealkylation sites (N-methyl/N-ethyl adjacent to an activating group) is 1. The molecule has 4 rings (SSSR count). The van der Waals surface area contributed by atoms with Crippen molar-refractivity contribution in [1.29, 1.82) is 0 Å². The van der Waals surface area contributed by atoms with Gasteiger partial charge in [-0.2, -0.15) is 0 Å². The van der Waals surface area contributed by atoms with Crippen LogP contribution in [0.15, 0.2) is 102 Å². The lowest BCUT2D eigenvalue weighted by Crippen LogP contribution is -2.53. The van der Waals surface area contributed by atoms with E-state index in [1.807, 2.05) is 30.3 Å². The van der Waals surface area contributed by atoms with Gasteiger partial charge in [0, 0.05) is 30.1 Å². The summed E-state index contributed by atoms with van der Waals surface area (Å²) in [7, 11) is -2.85. The zero-order valence-electron chi connectivity index (χ0n) is 22.9. The highest BCUT2D eigenvalue weighted by Gasteiger charge is 2.35. The van der Waals surface area contributed by atoms with Crippen molar-refractivity contribution < 1.29 is 18.0 Å². The first-order valence-corrected chi connectivity index (χ1v) is 16.0. The van der Waals surface area contributed by atoms with Gasteiger partial charge in [0.2, 0.25) is 11.8 Å². The van der Waals surface area contributed by atoms with E-state index in [9.17, 15) is 18.0 Å². The molecule has 1 N–H and O–H groups in total. The Morgan fingerprint density at radius 1 is 0.814 bits per heavy atom. The Morgan fingerprint density at radius 2 is 1.47 bits per heavy atom. The molecular formula is C31H27Cl4N3O4S. The maximum atomic E-state index is 14.3. The SMILES string of the molecule is CNC(=O)C(Cc1ccccc1)N(Cc1ccc(Cl)cc1Cl)C(=O)CN(c1cccc(Cl)c1Cl)S(=O)(=O)c1ccccc1. The Labute approximate surface area is 271 Å². The third kappa shape index (κ3) is 7.82. The number of benzene rings is 4. The Kier molecular flexibility index (Phi) is 11.0. The molecule has 1 unspecified atom stereocenters. The minimum atomic E-state index is -4.32. The molecule has 2 amide bonds. The van der Waals surface area contributed by atoms with E-state index in [-0.39, 0.29) is 38.6 Å². The van der Waals surface area contributed by atoms with E-state index >= 15 is 0 Å². The molecule has 0 heterocycles. The molecule has 1 atom stereocenters. The lowest BCUT2D eigenvalue weighted by atomic mass is 10.0. The summed E-state index contributed by atoms with van der Waals surface area (Å²) >= 11 is 25.4. The fourth-order valence-electron chi connectivity index (χ4n) is 4.47.